The Hall–Kier alpha value is -4.39. The number of aliphatic imine (C=N–C) groups is 1. The number of carbonyl (C=O) groups excluding carboxylic acids is 2. The van der Waals surface area contributed by atoms with Gasteiger partial charge in [0, 0.05) is 36.0 Å². The maximum Gasteiger partial charge on any atom is 0.261 e. The van der Waals surface area contributed by atoms with Gasteiger partial charge in [-0.05, 0) is 30.3 Å². The molecular formula is C27H19FN4O2. The number of benzene rings is 3. The number of aromatic nitrogens is 2. The van der Waals surface area contributed by atoms with E-state index in [0.29, 0.717) is 35.4 Å². The van der Waals surface area contributed by atoms with E-state index in [1.807, 2.05) is 34.9 Å². The van der Waals surface area contributed by atoms with Crippen molar-refractivity contribution < 1.29 is 14.0 Å². The predicted molar refractivity (Wildman–Crippen MR) is 125 cm³/mol. The molecule has 3 heterocycles. The average Bonchev–Trinajstić information content (AvgIpc) is 3.31. The van der Waals surface area contributed by atoms with E-state index in [9.17, 15) is 14.0 Å². The summed E-state index contributed by atoms with van der Waals surface area (Å²) in [6, 6.07) is 21.2. The number of fused-ring (bicyclic) bond motifs is 4. The Morgan fingerprint density at radius 2 is 1.56 bits per heavy atom. The van der Waals surface area contributed by atoms with Crippen LogP contribution in [0.25, 0.3) is 5.69 Å². The number of rotatable bonds is 4. The average molecular weight is 450 g/mol. The molecule has 0 radical (unpaired) electrons. The number of imide groups is 1. The Balaban J connectivity index is 1.36. The van der Waals surface area contributed by atoms with Crippen LogP contribution in [0, 0.1) is 5.82 Å². The Morgan fingerprint density at radius 1 is 0.853 bits per heavy atom. The van der Waals surface area contributed by atoms with E-state index in [1.54, 1.807) is 36.5 Å². The molecule has 34 heavy (non-hydrogen) atoms. The van der Waals surface area contributed by atoms with Crippen LogP contribution in [0.3, 0.4) is 0 Å². The van der Waals surface area contributed by atoms with Crippen LogP contribution < -0.4 is 0 Å². The van der Waals surface area contributed by atoms with E-state index in [2.05, 4.69) is 4.98 Å². The molecule has 7 heteroatoms. The first kappa shape index (κ1) is 20.2. The minimum absolute atomic E-state index is 0.223. The van der Waals surface area contributed by atoms with Gasteiger partial charge in [0.25, 0.3) is 11.8 Å². The molecule has 3 aromatic carbocycles. The molecule has 4 aromatic rings. The van der Waals surface area contributed by atoms with Gasteiger partial charge in [0.1, 0.15) is 11.6 Å². The number of hydrogen-bond acceptors (Lipinski definition) is 4. The lowest BCUT2D eigenvalue weighted by molar-refractivity contribution is 0.0655. The van der Waals surface area contributed by atoms with Crippen LogP contribution >= 0.6 is 0 Å². The molecule has 2 aliphatic heterocycles. The third-order valence-electron chi connectivity index (χ3n) is 6.26. The fraction of sp³-hybridized carbons (Fsp3) is 0.111. The number of imidazole rings is 1. The molecular weight excluding hydrogens is 431 g/mol. The Bertz CT molecular complexity index is 1450. The minimum Gasteiger partial charge on any atom is -0.298 e. The van der Waals surface area contributed by atoms with Crippen molar-refractivity contribution in [2.45, 2.75) is 13.0 Å². The summed E-state index contributed by atoms with van der Waals surface area (Å²) in [6.07, 6.45) is 2.15. The van der Waals surface area contributed by atoms with Crippen molar-refractivity contribution in [1.82, 2.24) is 14.5 Å². The highest BCUT2D eigenvalue weighted by Crippen LogP contribution is 2.28. The summed E-state index contributed by atoms with van der Waals surface area (Å²) in [5, 5.41) is 0. The van der Waals surface area contributed by atoms with Crippen LogP contribution in [0.5, 0.6) is 0 Å². The van der Waals surface area contributed by atoms with Crippen molar-refractivity contribution in [2.75, 3.05) is 6.54 Å². The SMILES string of the molecule is O=C1c2ccccc2C(=O)N1CCc1cnc2n1-c1ccc(F)cc1C(c1ccccc1)=NC2. The zero-order chi connectivity index (χ0) is 23.2. The molecule has 2 aliphatic rings. The van der Waals surface area contributed by atoms with E-state index in [-0.39, 0.29) is 24.2 Å². The van der Waals surface area contributed by atoms with Crippen LogP contribution in [-0.4, -0.2) is 38.5 Å². The second-order valence-corrected chi connectivity index (χ2v) is 8.25. The summed E-state index contributed by atoms with van der Waals surface area (Å²) in [7, 11) is 0. The predicted octanol–water partition coefficient (Wildman–Crippen LogP) is 4.20. The maximum atomic E-state index is 14.3. The lowest BCUT2D eigenvalue weighted by atomic mass is 10.00. The first-order chi connectivity index (χ1) is 16.6. The monoisotopic (exact) mass is 450 g/mol. The van der Waals surface area contributed by atoms with Crippen LogP contribution in [0.4, 0.5) is 4.39 Å². The van der Waals surface area contributed by atoms with Gasteiger partial charge in [-0.3, -0.25) is 24.0 Å². The quantitative estimate of drug-likeness (QED) is 0.438. The lowest BCUT2D eigenvalue weighted by Crippen LogP contribution is -2.32. The van der Waals surface area contributed by atoms with Crippen molar-refractivity contribution in [3.8, 4) is 5.69 Å². The summed E-state index contributed by atoms with van der Waals surface area (Å²) < 4.78 is 16.3. The molecule has 166 valence electrons. The van der Waals surface area contributed by atoms with E-state index >= 15 is 0 Å². The van der Waals surface area contributed by atoms with Crippen LogP contribution in [0.2, 0.25) is 0 Å². The highest BCUT2D eigenvalue weighted by molar-refractivity contribution is 6.21. The summed E-state index contributed by atoms with van der Waals surface area (Å²) in [5.74, 6) is -0.198. The zero-order valence-corrected chi connectivity index (χ0v) is 18.1. The number of hydrogen-bond donors (Lipinski definition) is 0. The molecule has 0 unspecified atom stereocenters. The third kappa shape index (κ3) is 3.16. The van der Waals surface area contributed by atoms with Crippen LogP contribution in [0.1, 0.15) is 43.4 Å². The molecule has 6 nitrogen and oxygen atoms in total. The van der Waals surface area contributed by atoms with Crippen molar-refractivity contribution in [3.05, 3.63) is 119 Å². The molecule has 0 fully saturated rings. The molecule has 0 saturated heterocycles. The van der Waals surface area contributed by atoms with Gasteiger partial charge in [-0.1, -0.05) is 42.5 Å². The first-order valence-electron chi connectivity index (χ1n) is 11.0. The van der Waals surface area contributed by atoms with Gasteiger partial charge in [-0.25, -0.2) is 9.37 Å². The Labute approximate surface area is 195 Å². The smallest absolute Gasteiger partial charge is 0.261 e. The van der Waals surface area contributed by atoms with Gasteiger partial charge >= 0.3 is 0 Å². The van der Waals surface area contributed by atoms with E-state index in [4.69, 9.17) is 4.99 Å². The second kappa shape index (κ2) is 7.88. The Morgan fingerprint density at radius 3 is 2.29 bits per heavy atom. The van der Waals surface area contributed by atoms with Crippen LogP contribution in [-0.2, 0) is 13.0 Å². The van der Waals surface area contributed by atoms with Gasteiger partial charge in [0.2, 0.25) is 0 Å². The standard InChI is InChI=1S/C27H19FN4O2/c28-18-10-11-23-22(14-18)25(17-6-2-1-3-7-17)30-16-24-29-15-19(32(23)24)12-13-31-26(33)20-8-4-5-9-21(20)27(31)34/h1-11,14-15H,12-13,16H2. The van der Waals surface area contributed by atoms with Crippen molar-refractivity contribution >= 4 is 17.5 Å². The molecule has 0 spiro atoms. The maximum absolute atomic E-state index is 14.3. The first-order valence-corrected chi connectivity index (χ1v) is 11.0. The summed E-state index contributed by atoms with van der Waals surface area (Å²) in [6.45, 7) is 0.550. The van der Waals surface area contributed by atoms with E-state index < -0.39 is 0 Å². The number of carbonyl (C=O) groups is 2. The van der Waals surface area contributed by atoms with Gasteiger partial charge in [-0.2, -0.15) is 0 Å². The molecule has 1 aromatic heterocycles. The fourth-order valence-corrected chi connectivity index (χ4v) is 4.65. The Kier molecular flexibility index (Phi) is 4.69. The van der Waals surface area contributed by atoms with Gasteiger partial charge in [0.05, 0.1) is 29.1 Å². The molecule has 0 atom stereocenters. The van der Waals surface area contributed by atoms with Crippen molar-refractivity contribution in [1.29, 1.82) is 0 Å². The van der Waals surface area contributed by atoms with Gasteiger partial charge in [-0.15, -0.1) is 0 Å². The van der Waals surface area contributed by atoms with Crippen molar-refractivity contribution in [2.24, 2.45) is 4.99 Å². The summed E-state index contributed by atoms with van der Waals surface area (Å²) in [5.41, 5.74) is 4.72. The third-order valence-corrected chi connectivity index (χ3v) is 6.26. The fourth-order valence-electron chi connectivity index (χ4n) is 4.65. The zero-order valence-electron chi connectivity index (χ0n) is 18.1. The number of amides is 2. The topological polar surface area (TPSA) is 67.6 Å². The molecule has 2 amide bonds. The molecule has 0 saturated carbocycles. The molecule has 0 N–H and O–H groups in total. The van der Waals surface area contributed by atoms with Gasteiger partial charge in [0.15, 0.2) is 0 Å². The molecule has 0 aliphatic carbocycles. The summed E-state index contributed by atoms with van der Waals surface area (Å²) >= 11 is 0. The van der Waals surface area contributed by atoms with Crippen molar-refractivity contribution in [3.63, 3.8) is 0 Å². The normalized spacial score (nSPS) is 14.4. The highest BCUT2D eigenvalue weighted by atomic mass is 19.1. The number of nitrogens with zero attached hydrogens (tertiary/aromatic N) is 4. The number of halogens is 1. The van der Waals surface area contributed by atoms with Gasteiger partial charge < -0.3 is 0 Å². The molecule has 0 bridgehead atoms. The second-order valence-electron chi connectivity index (χ2n) is 8.25. The van der Waals surface area contributed by atoms with Crippen LogP contribution in [0.15, 0.2) is 84.0 Å². The largest absolute Gasteiger partial charge is 0.298 e. The lowest BCUT2D eigenvalue weighted by Gasteiger charge is -2.17. The van der Waals surface area contributed by atoms with E-state index in [0.717, 1.165) is 22.8 Å². The molecule has 6 rings (SSSR count). The van der Waals surface area contributed by atoms with E-state index in [1.165, 1.54) is 17.0 Å². The minimum atomic E-state index is -0.349. The summed E-state index contributed by atoms with van der Waals surface area (Å²) in [4.78, 5) is 36.1. The highest BCUT2D eigenvalue weighted by Gasteiger charge is 2.35.